The van der Waals surface area contributed by atoms with Gasteiger partial charge in [0.2, 0.25) is 10.0 Å². The molecule has 1 aromatic heterocycles. The fourth-order valence-electron chi connectivity index (χ4n) is 6.08. The largest absolute Gasteiger partial charge is 0.405 e. The van der Waals surface area contributed by atoms with Gasteiger partial charge in [0.25, 0.3) is 0 Å². The van der Waals surface area contributed by atoms with Gasteiger partial charge in [0.1, 0.15) is 35.6 Å². The van der Waals surface area contributed by atoms with Gasteiger partial charge in [-0.25, -0.2) is 17.2 Å². The van der Waals surface area contributed by atoms with Crippen molar-refractivity contribution in [3.63, 3.8) is 0 Å². The maximum absolute atomic E-state index is 15.2. The molecule has 202 valence electrons. The number of sulfonamides is 1. The third-order valence-corrected chi connectivity index (χ3v) is 10.3. The SMILES string of the molecule is O=S1(=O)[C@@H](c2ccccc2)CC[C@H](C(F)(F)F)N1Cc1cc(F)c(N2CC3C(n4cnnc4)[C@H]3C2)cc1F. The average Bonchev–Trinajstić information content (AvgIpc) is 3.23. The Morgan fingerprint density at radius 1 is 0.921 bits per heavy atom. The Morgan fingerprint density at radius 3 is 2.21 bits per heavy atom. The van der Waals surface area contributed by atoms with Gasteiger partial charge in [-0.3, -0.25) is 0 Å². The average molecular weight is 554 g/mol. The molecule has 2 unspecified atom stereocenters. The van der Waals surface area contributed by atoms with Crippen molar-refractivity contribution < 1.29 is 30.4 Å². The van der Waals surface area contributed by atoms with E-state index < -0.39 is 57.7 Å². The lowest BCUT2D eigenvalue weighted by Crippen LogP contribution is -2.52. The molecule has 0 N–H and O–H groups in total. The number of rotatable bonds is 5. The van der Waals surface area contributed by atoms with Gasteiger partial charge in [-0.05, 0) is 24.5 Å². The van der Waals surface area contributed by atoms with E-state index in [0.717, 1.165) is 12.1 Å². The number of aromatic nitrogens is 3. The van der Waals surface area contributed by atoms with Gasteiger partial charge in [-0.15, -0.1) is 10.2 Å². The maximum Gasteiger partial charge on any atom is 0.405 e. The molecular weight excluding hydrogens is 529 g/mol. The number of anilines is 1. The van der Waals surface area contributed by atoms with E-state index >= 15 is 8.78 Å². The van der Waals surface area contributed by atoms with E-state index in [9.17, 15) is 21.6 Å². The Bertz CT molecular complexity index is 1420. The van der Waals surface area contributed by atoms with Gasteiger partial charge in [-0.1, -0.05) is 30.3 Å². The Morgan fingerprint density at radius 2 is 1.58 bits per heavy atom. The second-order valence-electron chi connectivity index (χ2n) is 10.2. The van der Waals surface area contributed by atoms with Crippen LogP contribution in [0, 0.1) is 23.5 Å². The van der Waals surface area contributed by atoms with E-state index in [1.165, 1.54) is 12.1 Å². The molecule has 2 saturated heterocycles. The van der Waals surface area contributed by atoms with Crippen molar-refractivity contribution in [3.8, 4) is 0 Å². The van der Waals surface area contributed by atoms with E-state index in [1.54, 1.807) is 35.8 Å². The van der Waals surface area contributed by atoms with Crippen molar-refractivity contribution in [2.75, 3.05) is 18.0 Å². The zero-order chi connectivity index (χ0) is 26.8. The van der Waals surface area contributed by atoms with Crippen LogP contribution >= 0.6 is 0 Å². The minimum Gasteiger partial charge on any atom is -0.368 e. The normalized spacial score (nSPS) is 28.9. The fourth-order valence-corrected chi connectivity index (χ4v) is 8.24. The quantitative estimate of drug-likeness (QED) is 0.437. The summed E-state index contributed by atoms with van der Waals surface area (Å²) in [4.78, 5) is 1.71. The zero-order valence-electron chi connectivity index (χ0n) is 20.0. The van der Waals surface area contributed by atoms with E-state index in [-0.39, 0.29) is 30.0 Å². The van der Waals surface area contributed by atoms with Crippen molar-refractivity contribution in [3.05, 3.63) is 77.9 Å². The molecule has 6 rings (SSSR count). The summed E-state index contributed by atoms with van der Waals surface area (Å²) in [6, 6.07) is 7.62. The topological polar surface area (TPSA) is 71.3 Å². The summed E-state index contributed by atoms with van der Waals surface area (Å²) in [6.07, 6.45) is -2.33. The molecule has 0 amide bonds. The second kappa shape index (κ2) is 9.01. The summed E-state index contributed by atoms with van der Waals surface area (Å²) in [7, 11) is -4.53. The van der Waals surface area contributed by atoms with Crippen LogP contribution in [0.25, 0.3) is 0 Å². The van der Waals surface area contributed by atoms with Crippen LogP contribution in [0.3, 0.4) is 0 Å². The van der Waals surface area contributed by atoms with Gasteiger partial charge in [0.05, 0.1) is 5.69 Å². The van der Waals surface area contributed by atoms with Gasteiger partial charge >= 0.3 is 6.18 Å². The predicted molar refractivity (Wildman–Crippen MR) is 127 cm³/mol. The van der Waals surface area contributed by atoms with Gasteiger partial charge in [0.15, 0.2) is 0 Å². The Balaban J connectivity index is 1.25. The molecule has 13 heteroatoms. The number of fused-ring (bicyclic) bond motifs is 1. The van der Waals surface area contributed by atoms with Crippen molar-refractivity contribution in [2.45, 2.75) is 42.9 Å². The van der Waals surface area contributed by atoms with E-state index in [1.807, 2.05) is 4.57 Å². The zero-order valence-corrected chi connectivity index (χ0v) is 20.8. The highest BCUT2D eigenvalue weighted by molar-refractivity contribution is 7.89. The van der Waals surface area contributed by atoms with Crippen molar-refractivity contribution >= 4 is 15.7 Å². The maximum atomic E-state index is 15.2. The first-order chi connectivity index (χ1) is 18.1. The predicted octanol–water partition coefficient (Wildman–Crippen LogP) is 4.46. The molecule has 0 spiro atoms. The highest BCUT2D eigenvalue weighted by Gasteiger charge is 2.57. The molecule has 3 fully saturated rings. The third-order valence-electron chi connectivity index (χ3n) is 8.00. The minimum atomic E-state index is -4.86. The molecule has 1 saturated carbocycles. The molecule has 1 aliphatic carbocycles. The molecule has 3 aromatic rings. The summed E-state index contributed by atoms with van der Waals surface area (Å²) in [5.74, 6) is -1.29. The monoisotopic (exact) mass is 553 g/mol. The first-order valence-corrected chi connectivity index (χ1v) is 13.8. The lowest BCUT2D eigenvalue weighted by Gasteiger charge is -2.40. The van der Waals surface area contributed by atoms with Crippen molar-refractivity contribution in [1.29, 1.82) is 0 Å². The molecule has 5 atom stereocenters. The molecule has 2 aromatic carbocycles. The highest BCUT2D eigenvalue weighted by Crippen LogP contribution is 2.56. The molecule has 7 nitrogen and oxygen atoms in total. The number of benzene rings is 2. The van der Waals surface area contributed by atoms with Gasteiger partial charge in [-0.2, -0.15) is 17.5 Å². The van der Waals surface area contributed by atoms with Crippen LogP contribution in [-0.4, -0.2) is 52.8 Å². The first kappa shape index (κ1) is 25.2. The number of hydrogen-bond acceptors (Lipinski definition) is 5. The summed E-state index contributed by atoms with van der Waals surface area (Å²) in [5, 5.41) is 6.39. The Hall–Kier alpha value is -3.06. The van der Waals surface area contributed by atoms with E-state index in [0.29, 0.717) is 23.0 Å². The van der Waals surface area contributed by atoms with Crippen LogP contribution in [0.15, 0.2) is 55.1 Å². The number of halogens is 5. The Labute approximate surface area is 215 Å². The molecule has 0 bridgehead atoms. The third kappa shape index (κ3) is 4.25. The smallest absolute Gasteiger partial charge is 0.368 e. The number of alkyl halides is 3. The standard InChI is InChI=1S/C25H24F5N5O2S/c26-19-9-21(33-11-17-18(12-33)24(17)34-13-31-32-14-34)20(27)8-16(19)10-35-23(25(28,29)30)7-6-22(38(35,36)37)15-4-2-1-3-5-15/h1-5,8-9,13-14,17-18,22-24H,6-7,10-12H2/t17-,18?,22+,23+,24?/m0/s1. The summed E-state index contributed by atoms with van der Waals surface area (Å²) < 4.78 is 101. The fraction of sp³-hybridized carbons (Fsp3) is 0.440. The second-order valence-corrected chi connectivity index (χ2v) is 12.2. The van der Waals surface area contributed by atoms with Crippen molar-refractivity contribution in [1.82, 2.24) is 19.1 Å². The van der Waals surface area contributed by atoms with Crippen LogP contribution in [0.1, 0.15) is 35.3 Å². The molecular formula is C25H24F5N5O2S. The van der Waals surface area contributed by atoms with Crippen LogP contribution < -0.4 is 4.90 Å². The van der Waals surface area contributed by atoms with Gasteiger partial charge in [0, 0.05) is 49.1 Å². The van der Waals surface area contributed by atoms with Crippen molar-refractivity contribution in [2.24, 2.45) is 11.8 Å². The first-order valence-electron chi connectivity index (χ1n) is 12.2. The number of nitrogens with zero attached hydrogens (tertiary/aromatic N) is 5. The lowest BCUT2D eigenvalue weighted by atomic mass is 10.0. The van der Waals surface area contributed by atoms with Crippen LogP contribution in [0.2, 0.25) is 0 Å². The molecule has 3 heterocycles. The number of hydrogen-bond donors (Lipinski definition) is 0. The summed E-state index contributed by atoms with van der Waals surface area (Å²) in [5.41, 5.74) is -0.0704. The Kier molecular flexibility index (Phi) is 5.98. The van der Waals surface area contributed by atoms with E-state index in [2.05, 4.69) is 10.2 Å². The lowest BCUT2D eigenvalue weighted by molar-refractivity contribution is -0.176. The van der Waals surface area contributed by atoms with Gasteiger partial charge < -0.3 is 9.47 Å². The molecule has 38 heavy (non-hydrogen) atoms. The van der Waals surface area contributed by atoms with Crippen LogP contribution in [0.4, 0.5) is 27.6 Å². The van der Waals surface area contributed by atoms with Crippen LogP contribution in [0.5, 0.6) is 0 Å². The molecule has 0 radical (unpaired) electrons. The molecule has 3 aliphatic rings. The minimum absolute atomic E-state index is 0.0111. The summed E-state index contributed by atoms with van der Waals surface area (Å²) in [6.45, 7) is 0.0527. The highest BCUT2D eigenvalue weighted by atomic mass is 32.2. The molecule has 2 aliphatic heterocycles. The van der Waals surface area contributed by atoms with Crippen LogP contribution in [-0.2, 0) is 16.6 Å². The van der Waals surface area contributed by atoms with E-state index in [4.69, 9.17) is 0 Å². The summed E-state index contributed by atoms with van der Waals surface area (Å²) >= 11 is 0. The number of piperidine rings is 1.